The molecule has 1 fully saturated rings. The van der Waals surface area contributed by atoms with Gasteiger partial charge in [-0.1, -0.05) is 48.6 Å². The van der Waals surface area contributed by atoms with Crippen LogP contribution in [-0.4, -0.2) is 45.2 Å². The highest BCUT2D eigenvalue weighted by Gasteiger charge is 2.25. The second-order valence-electron chi connectivity index (χ2n) is 7.13. The first kappa shape index (κ1) is 18.1. The van der Waals surface area contributed by atoms with E-state index in [4.69, 9.17) is 0 Å². The van der Waals surface area contributed by atoms with Crippen molar-refractivity contribution in [3.8, 4) is 0 Å². The summed E-state index contributed by atoms with van der Waals surface area (Å²) in [5.74, 6) is 0. The number of fused-ring (bicyclic) bond motifs is 1. The first-order valence-electron chi connectivity index (χ1n) is 9.56. The second-order valence-corrected chi connectivity index (χ2v) is 8.07. The highest BCUT2D eigenvalue weighted by atomic mass is 32.1. The molecular formula is C20H25N5OS. The van der Waals surface area contributed by atoms with Crippen LogP contribution < -0.4 is 10.5 Å². The summed E-state index contributed by atoms with van der Waals surface area (Å²) < 4.78 is 1.44. The molecule has 7 heteroatoms. The summed E-state index contributed by atoms with van der Waals surface area (Å²) in [6, 6.07) is 12.5. The summed E-state index contributed by atoms with van der Waals surface area (Å²) in [6.07, 6.45) is 1.84. The molecule has 0 aliphatic carbocycles. The third-order valence-corrected chi connectivity index (χ3v) is 6.02. The first-order chi connectivity index (χ1) is 13.1. The molecule has 0 amide bonds. The lowest BCUT2D eigenvalue weighted by molar-refractivity contribution is 0.268. The number of anilines is 1. The number of benzene rings is 1. The predicted octanol–water partition coefficient (Wildman–Crippen LogP) is 2.81. The molecule has 0 bridgehead atoms. The van der Waals surface area contributed by atoms with E-state index >= 15 is 0 Å². The molecule has 6 nitrogen and oxygen atoms in total. The van der Waals surface area contributed by atoms with Crippen LogP contribution in [0.2, 0.25) is 0 Å². The molecule has 3 aromatic rings. The molecule has 1 saturated heterocycles. The number of aryl methyl sites for hydroxylation is 1. The monoisotopic (exact) mass is 383 g/mol. The van der Waals surface area contributed by atoms with Crippen molar-refractivity contribution in [1.82, 2.24) is 19.5 Å². The molecule has 1 unspecified atom stereocenters. The van der Waals surface area contributed by atoms with Crippen molar-refractivity contribution in [3.05, 3.63) is 58.0 Å². The van der Waals surface area contributed by atoms with E-state index in [1.54, 1.807) is 6.07 Å². The van der Waals surface area contributed by atoms with Gasteiger partial charge < -0.3 is 4.90 Å². The summed E-state index contributed by atoms with van der Waals surface area (Å²) in [7, 11) is 0. The fraction of sp³-hybridized carbons (Fsp3) is 0.450. The number of nitrogens with zero attached hydrogens (tertiary/aromatic N) is 5. The van der Waals surface area contributed by atoms with Crippen LogP contribution in [0, 0.1) is 0 Å². The number of hydrogen-bond donors (Lipinski definition) is 0. The average Bonchev–Trinajstić information content (AvgIpc) is 3.01. The van der Waals surface area contributed by atoms with Gasteiger partial charge in [0.1, 0.15) is 0 Å². The largest absolute Gasteiger partial charge is 0.343 e. The van der Waals surface area contributed by atoms with E-state index in [0.29, 0.717) is 11.0 Å². The van der Waals surface area contributed by atoms with Gasteiger partial charge in [-0.05, 0) is 25.3 Å². The Balaban J connectivity index is 1.55. The third kappa shape index (κ3) is 3.89. The molecule has 27 heavy (non-hydrogen) atoms. The Morgan fingerprint density at radius 3 is 2.81 bits per heavy atom. The Hall–Kier alpha value is -2.25. The lowest BCUT2D eigenvalue weighted by Gasteiger charge is -2.28. The first-order valence-corrected chi connectivity index (χ1v) is 10.4. The molecule has 2 aromatic heterocycles. The van der Waals surface area contributed by atoms with Crippen molar-refractivity contribution in [2.24, 2.45) is 0 Å². The molecule has 1 aromatic carbocycles. The van der Waals surface area contributed by atoms with Gasteiger partial charge in [0.15, 0.2) is 0 Å². The maximum atomic E-state index is 12.3. The molecule has 1 atom stereocenters. The number of aromatic nitrogens is 3. The van der Waals surface area contributed by atoms with Crippen LogP contribution in [0.4, 0.5) is 5.13 Å². The lowest BCUT2D eigenvalue weighted by atomic mass is 10.2. The van der Waals surface area contributed by atoms with Crippen molar-refractivity contribution in [2.75, 3.05) is 24.5 Å². The summed E-state index contributed by atoms with van der Waals surface area (Å²) in [4.78, 5) is 22.4. The lowest BCUT2D eigenvalue weighted by Crippen LogP contribution is -2.39. The van der Waals surface area contributed by atoms with E-state index in [9.17, 15) is 4.79 Å². The SMILES string of the molecule is CCc1cc(=O)n2nc(N3CCCN(Cc4ccccc4)CC3C)sc2n1. The van der Waals surface area contributed by atoms with Gasteiger partial charge in [0.2, 0.25) is 10.1 Å². The van der Waals surface area contributed by atoms with Gasteiger partial charge in [-0.3, -0.25) is 9.69 Å². The second kappa shape index (κ2) is 7.78. The van der Waals surface area contributed by atoms with Gasteiger partial charge in [-0.25, -0.2) is 4.98 Å². The Kier molecular flexibility index (Phi) is 5.22. The average molecular weight is 384 g/mol. The molecular weight excluding hydrogens is 358 g/mol. The van der Waals surface area contributed by atoms with Crippen LogP contribution in [0.3, 0.4) is 0 Å². The predicted molar refractivity (Wildman–Crippen MR) is 110 cm³/mol. The molecule has 3 heterocycles. The van der Waals surface area contributed by atoms with Crippen molar-refractivity contribution in [1.29, 1.82) is 0 Å². The molecule has 142 valence electrons. The normalized spacial score (nSPS) is 18.7. The van der Waals surface area contributed by atoms with E-state index in [1.807, 2.05) is 6.92 Å². The molecule has 1 aliphatic rings. The van der Waals surface area contributed by atoms with Crippen molar-refractivity contribution in [3.63, 3.8) is 0 Å². The summed E-state index contributed by atoms with van der Waals surface area (Å²) in [5.41, 5.74) is 2.08. The summed E-state index contributed by atoms with van der Waals surface area (Å²) in [6.45, 7) is 8.22. The van der Waals surface area contributed by atoms with Gasteiger partial charge in [0.05, 0.1) is 0 Å². The topological polar surface area (TPSA) is 53.7 Å². The fourth-order valence-corrected chi connectivity index (χ4v) is 4.72. The van der Waals surface area contributed by atoms with Gasteiger partial charge in [0, 0.05) is 44.0 Å². The summed E-state index contributed by atoms with van der Waals surface area (Å²) in [5, 5.41) is 5.47. The smallest absolute Gasteiger partial charge is 0.275 e. The Morgan fingerprint density at radius 2 is 2.04 bits per heavy atom. The highest BCUT2D eigenvalue weighted by molar-refractivity contribution is 7.20. The minimum Gasteiger partial charge on any atom is -0.343 e. The number of rotatable bonds is 4. The molecule has 0 radical (unpaired) electrons. The highest BCUT2D eigenvalue weighted by Crippen LogP contribution is 2.25. The molecule has 1 aliphatic heterocycles. The van der Waals surface area contributed by atoms with Crippen LogP contribution in [0.1, 0.15) is 31.5 Å². The van der Waals surface area contributed by atoms with E-state index in [0.717, 1.165) is 49.8 Å². The van der Waals surface area contributed by atoms with Crippen LogP contribution in [-0.2, 0) is 13.0 Å². The van der Waals surface area contributed by atoms with E-state index in [2.05, 4.69) is 57.1 Å². The standard InChI is InChI=1S/C20H25N5OS/c1-3-17-12-18(26)25-19(21-17)27-20(22-25)24-11-7-10-23(13-15(24)2)14-16-8-5-4-6-9-16/h4-6,8-9,12,15H,3,7,10-11,13-14H2,1-2H3. The van der Waals surface area contributed by atoms with Gasteiger partial charge in [-0.15, -0.1) is 5.10 Å². The molecule has 0 saturated carbocycles. The zero-order valence-electron chi connectivity index (χ0n) is 15.8. The van der Waals surface area contributed by atoms with Crippen molar-refractivity contribution < 1.29 is 0 Å². The molecule has 0 spiro atoms. The quantitative estimate of drug-likeness (QED) is 0.693. The Labute approximate surface area is 163 Å². The van der Waals surface area contributed by atoms with Crippen LogP contribution in [0.25, 0.3) is 4.96 Å². The van der Waals surface area contributed by atoms with Crippen molar-refractivity contribution in [2.45, 2.75) is 39.3 Å². The zero-order chi connectivity index (χ0) is 18.8. The fourth-order valence-electron chi connectivity index (χ4n) is 3.66. The Morgan fingerprint density at radius 1 is 1.22 bits per heavy atom. The van der Waals surface area contributed by atoms with Gasteiger partial charge in [-0.2, -0.15) is 4.52 Å². The molecule has 4 rings (SSSR count). The Bertz CT molecular complexity index is 967. The maximum Gasteiger partial charge on any atom is 0.275 e. The van der Waals surface area contributed by atoms with Gasteiger partial charge >= 0.3 is 0 Å². The van der Waals surface area contributed by atoms with Crippen LogP contribution >= 0.6 is 11.3 Å². The van der Waals surface area contributed by atoms with Crippen LogP contribution in [0.5, 0.6) is 0 Å². The minimum absolute atomic E-state index is 0.0903. The third-order valence-electron chi connectivity index (χ3n) is 5.07. The maximum absolute atomic E-state index is 12.3. The van der Waals surface area contributed by atoms with E-state index < -0.39 is 0 Å². The van der Waals surface area contributed by atoms with E-state index in [-0.39, 0.29) is 5.56 Å². The zero-order valence-corrected chi connectivity index (χ0v) is 16.7. The van der Waals surface area contributed by atoms with Gasteiger partial charge in [0.25, 0.3) is 5.56 Å². The number of hydrogen-bond acceptors (Lipinski definition) is 6. The van der Waals surface area contributed by atoms with Crippen molar-refractivity contribution >= 4 is 21.4 Å². The summed E-state index contributed by atoms with van der Waals surface area (Å²) >= 11 is 1.51. The minimum atomic E-state index is -0.0903. The van der Waals surface area contributed by atoms with Crippen LogP contribution in [0.15, 0.2) is 41.2 Å². The van der Waals surface area contributed by atoms with E-state index in [1.165, 1.54) is 21.4 Å². The molecule has 0 N–H and O–H groups in total.